The van der Waals surface area contributed by atoms with Crippen molar-refractivity contribution < 1.29 is 0 Å². The first-order chi connectivity index (χ1) is 7.28. The second-order valence-electron chi connectivity index (χ2n) is 4.84. The van der Waals surface area contributed by atoms with Crippen LogP contribution in [0.15, 0.2) is 30.3 Å². The summed E-state index contributed by atoms with van der Waals surface area (Å²) in [5.74, 6) is 0. The highest BCUT2D eigenvalue weighted by atomic mass is 15.2. The van der Waals surface area contributed by atoms with Gasteiger partial charge in [0.25, 0.3) is 0 Å². The summed E-state index contributed by atoms with van der Waals surface area (Å²) < 4.78 is 0. The highest BCUT2D eigenvalue weighted by Crippen LogP contribution is 2.37. The van der Waals surface area contributed by atoms with Gasteiger partial charge in [0.2, 0.25) is 0 Å². The van der Waals surface area contributed by atoms with E-state index in [4.69, 9.17) is 0 Å². The fourth-order valence-electron chi connectivity index (χ4n) is 2.55. The highest BCUT2D eigenvalue weighted by molar-refractivity contribution is 5.15. The summed E-state index contributed by atoms with van der Waals surface area (Å²) >= 11 is 0. The molecule has 0 saturated carbocycles. The number of benzene rings is 1. The van der Waals surface area contributed by atoms with Crippen molar-refractivity contribution >= 4 is 0 Å². The van der Waals surface area contributed by atoms with E-state index in [9.17, 15) is 0 Å². The molecule has 1 fully saturated rings. The van der Waals surface area contributed by atoms with Crippen molar-refractivity contribution in [1.82, 2.24) is 4.90 Å². The summed E-state index contributed by atoms with van der Waals surface area (Å²) in [5.41, 5.74) is 2.08. The zero-order valence-electron chi connectivity index (χ0n) is 9.87. The van der Waals surface area contributed by atoms with Gasteiger partial charge in [-0.2, -0.15) is 0 Å². The van der Waals surface area contributed by atoms with Crippen LogP contribution in [-0.2, 0) is 6.54 Å². The molecule has 0 spiro atoms. The summed E-state index contributed by atoms with van der Waals surface area (Å²) in [6.45, 7) is 8.35. The largest absolute Gasteiger partial charge is 0.298 e. The number of rotatable bonds is 4. The molecule has 2 rings (SSSR count). The van der Waals surface area contributed by atoms with Crippen LogP contribution in [0.1, 0.15) is 32.3 Å². The second kappa shape index (κ2) is 4.36. The zero-order chi connectivity index (χ0) is 10.7. The summed E-state index contributed by atoms with van der Waals surface area (Å²) in [6.07, 6.45) is 2.66. The van der Waals surface area contributed by atoms with Crippen LogP contribution in [-0.4, -0.2) is 18.0 Å². The van der Waals surface area contributed by atoms with Gasteiger partial charge in [-0.1, -0.05) is 44.2 Å². The topological polar surface area (TPSA) is 3.24 Å². The van der Waals surface area contributed by atoms with E-state index in [0.29, 0.717) is 5.41 Å². The Morgan fingerprint density at radius 2 is 1.67 bits per heavy atom. The van der Waals surface area contributed by atoms with Crippen LogP contribution < -0.4 is 0 Å². The lowest BCUT2D eigenvalue weighted by Crippen LogP contribution is -2.54. The van der Waals surface area contributed by atoms with Gasteiger partial charge in [0.1, 0.15) is 0 Å². The summed E-state index contributed by atoms with van der Waals surface area (Å²) in [7, 11) is 0. The molecule has 15 heavy (non-hydrogen) atoms. The third-order valence-corrected chi connectivity index (χ3v) is 3.87. The molecule has 0 atom stereocenters. The summed E-state index contributed by atoms with van der Waals surface area (Å²) in [4.78, 5) is 2.56. The molecule has 0 unspecified atom stereocenters. The van der Waals surface area contributed by atoms with Gasteiger partial charge in [-0.25, -0.2) is 0 Å². The van der Waals surface area contributed by atoms with Crippen LogP contribution in [0.4, 0.5) is 0 Å². The number of hydrogen-bond acceptors (Lipinski definition) is 1. The monoisotopic (exact) mass is 203 g/mol. The second-order valence-corrected chi connectivity index (χ2v) is 4.84. The minimum Gasteiger partial charge on any atom is -0.298 e. The van der Waals surface area contributed by atoms with E-state index in [-0.39, 0.29) is 0 Å². The first-order valence-corrected chi connectivity index (χ1v) is 6.04. The number of nitrogens with zero attached hydrogens (tertiary/aromatic N) is 1. The van der Waals surface area contributed by atoms with E-state index in [0.717, 1.165) is 6.54 Å². The minimum absolute atomic E-state index is 0.634. The Kier molecular flexibility index (Phi) is 3.11. The van der Waals surface area contributed by atoms with Gasteiger partial charge in [-0.15, -0.1) is 0 Å². The molecule has 1 heteroatoms. The van der Waals surface area contributed by atoms with Crippen molar-refractivity contribution in [1.29, 1.82) is 0 Å². The van der Waals surface area contributed by atoms with Gasteiger partial charge in [-0.3, -0.25) is 4.90 Å². The molecule has 0 aromatic heterocycles. The van der Waals surface area contributed by atoms with Gasteiger partial charge in [0.05, 0.1) is 0 Å². The van der Waals surface area contributed by atoms with Gasteiger partial charge in [-0.05, 0) is 23.8 Å². The Bertz CT molecular complexity index is 292. The molecule has 0 N–H and O–H groups in total. The lowest BCUT2D eigenvalue weighted by Gasteiger charge is -2.50. The molecule has 0 amide bonds. The molecule has 1 saturated heterocycles. The maximum atomic E-state index is 2.56. The van der Waals surface area contributed by atoms with Gasteiger partial charge in [0, 0.05) is 19.6 Å². The predicted octanol–water partition coefficient (Wildman–Crippen LogP) is 3.31. The fraction of sp³-hybridized carbons (Fsp3) is 0.571. The zero-order valence-corrected chi connectivity index (χ0v) is 9.87. The SMILES string of the molecule is CCC1(CC)CN(Cc2ccccc2)C1. The van der Waals surface area contributed by atoms with Crippen molar-refractivity contribution in [3.63, 3.8) is 0 Å². The molecule has 0 bridgehead atoms. The molecule has 82 valence electrons. The maximum absolute atomic E-state index is 2.56. The van der Waals surface area contributed by atoms with Crippen molar-refractivity contribution in [2.75, 3.05) is 13.1 Å². The third-order valence-electron chi connectivity index (χ3n) is 3.87. The Balaban J connectivity index is 1.86. The molecule has 0 radical (unpaired) electrons. The van der Waals surface area contributed by atoms with E-state index in [2.05, 4.69) is 49.1 Å². The average molecular weight is 203 g/mol. The van der Waals surface area contributed by atoms with Crippen molar-refractivity contribution in [2.24, 2.45) is 5.41 Å². The van der Waals surface area contributed by atoms with Crippen LogP contribution >= 0.6 is 0 Å². The third kappa shape index (κ3) is 2.23. The Labute approximate surface area is 93.1 Å². The van der Waals surface area contributed by atoms with Crippen LogP contribution in [0.25, 0.3) is 0 Å². The Morgan fingerprint density at radius 1 is 1.07 bits per heavy atom. The van der Waals surface area contributed by atoms with Crippen molar-refractivity contribution in [2.45, 2.75) is 33.2 Å². The van der Waals surface area contributed by atoms with Crippen LogP contribution in [0, 0.1) is 5.41 Å². The first kappa shape index (κ1) is 10.7. The smallest absolute Gasteiger partial charge is 0.0234 e. The van der Waals surface area contributed by atoms with E-state index in [1.54, 1.807) is 0 Å². The summed E-state index contributed by atoms with van der Waals surface area (Å²) in [5, 5.41) is 0. The fourth-order valence-corrected chi connectivity index (χ4v) is 2.55. The molecular formula is C14H21N. The molecule has 1 nitrogen and oxygen atoms in total. The van der Waals surface area contributed by atoms with Crippen LogP contribution in [0.5, 0.6) is 0 Å². The van der Waals surface area contributed by atoms with E-state index in [1.807, 2.05) is 0 Å². The molecular weight excluding hydrogens is 182 g/mol. The molecule has 0 aliphatic carbocycles. The van der Waals surface area contributed by atoms with Gasteiger partial charge < -0.3 is 0 Å². The highest BCUT2D eigenvalue weighted by Gasteiger charge is 2.39. The molecule has 1 heterocycles. The Hall–Kier alpha value is -0.820. The molecule has 1 aromatic rings. The number of likely N-dealkylation sites (tertiary alicyclic amines) is 1. The molecule has 1 aromatic carbocycles. The molecule has 1 aliphatic rings. The lowest BCUT2D eigenvalue weighted by molar-refractivity contribution is -0.0120. The average Bonchev–Trinajstić information content (AvgIpc) is 2.24. The first-order valence-electron chi connectivity index (χ1n) is 6.04. The van der Waals surface area contributed by atoms with Crippen molar-refractivity contribution in [3.05, 3.63) is 35.9 Å². The van der Waals surface area contributed by atoms with E-state index >= 15 is 0 Å². The van der Waals surface area contributed by atoms with E-state index < -0.39 is 0 Å². The standard InChI is InChI=1S/C14H21N/c1-3-14(4-2)11-15(12-14)10-13-8-6-5-7-9-13/h5-9H,3-4,10-12H2,1-2H3. The molecule has 1 aliphatic heterocycles. The summed E-state index contributed by atoms with van der Waals surface area (Å²) in [6, 6.07) is 10.8. The van der Waals surface area contributed by atoms with Gasteiger partial charge in [0.15, 0.2) is 0 Å². The van der Waals surface area contributed by atoms with Crippen molar-refractivity contribution in [3.8, 4) is 0 Å². The van der Waals surface area contributed by atoms with Gasteiger partial charge >= 0.3 is 0 Å². The lowest BCUT2D eigenvalue weighted by atomic mass is 9.75. The van der Waals surface area contributed by atoms with E-state index in [1.165, 1.54) is 31.5 Å². The predicted molar refractivity (Wildman–Crippen MR) is 64.7 cm³/mol. The van der Waals surface area contributed by atoms with Crippen LogP contribution in [0.3, 0.4) is 0 Å². The van der Waals surface area contributed by atoms with Crippen LogP contribution in [0.2, 0.25) is 0 Å². The minimum atomic E-state index is 0.634. The normalized spacial score (nSPS) is 19.9. The Morgan fingerprint density at radius 3 is 2.20 bits per heavy atom. The maximum Gasteiger partial charge on any atom is 0.0234 e. The number of hydrogen-bond donors (Lipinski definition) is 0. The quantitative estimate of drug-likeness (QED) is 0.725.